The summed E-state index contributed by atoms with van der Waals surface area (Å²) in [6, 6.07) is 5.28. The van der Waals surface area contributed by atoms with Crippen molar-refractivity contribution in [2.75, 3.05) is 13.7 Å². The minimum absolute atomic E-state index is 0.0487. The van der Waals surface area contributed by atoms with Crippen LogP contribution < -0.4 is 26.4 Å². The highest BCUT2D eigenvalue weighted by molar-refractivity contribution is 6.01. The Morgan fingerprint density at radius 2 is 1.94 bits per heavy atom. The minimum Gasteiger partial charge on any atom is -0.496 e. The van der Waals surface area contributed by atoms with Crippen LogP contribution in [0.15, 0.2) is 24.3 Å². The van der Waals surface area contributed by atoms with Crippen molar-refractivity contribution < 1.29 is 23.9 Å². The highest BCUT2D eigenvalue weighted by Gasteiger charge is 2.31. The van der Waals surface area contributed by atoms with Crippen LogP contribution in [-0.4, -0.2) is 54.4 Å². The van der Waals surface area contributed by atoms with Crippen molar-refractivity contribution in [3.8, 4) is 5.75 Å². The first kappa shape index (κ1) is 26.1. The third-order valence-corrected chi connectivity index (χ3v) is 6.15. The number of primary amides is 1. The molecule has 1 aliphatic heterocycles. The van der Waals surface area contributed by atoms with Gasteiger partial charge in [0.05, 0.1) is 7.11 Å². The van der Waals surface area contributed by atoms with E-state index in [-0.39, 0.29) is 29.4 Å². The van der Waals surface area contributed by atoms with Gasteiger partial charge < -0.3 is 31.4 Å². The third kappa shape index (κ3) is 6.74. The number of methoxy groups -OCH3 is 1. The first-order valence-corrected chi connectivity index (χ1v) is 11.8. The predicted molar refractivity (Wildman–Crippen MR) is 132 cm³/mol. The number of aromatic nitrogens is 1. The summed E-state index contributed by atoms with van der Waals surface area (Å²) in [6.07, 6.45) is 1.71. The molecule has 2 aromatic rings. The first-order chi connectivity index (χ1) is 16.5. The van der Waals surface area contributed by atoms with Gasteiger partial charge in [-0.1, -0.05) is 26.8 Å². The fourth-order valence-corrected chi connectivity index (χ4v) is 4.33. The Labute approximate surface area is 204 Å². The number of rotatable bonds is 10. The lowest BCUT2D eigenvalue weighted by molar-refractivity contribution is -0.129. The van der Waals surface area contributed by atoms with E-state index in [1.807, 2.05) is 32.9 Å². The minimum atomic E-state index is -0.937. The van der Waals surface area contributed by atoms with Crippen LogP contribution >= 0.6 is 0 Å². The Morgan fingerprint density at radius 1 is 1.20 bits per heavy atom. The summed E-state index contributed by atoms with van der Waals surface area (Å²) < 4.78 is 5.35. The number of nitrogens with two attached hydrogens (primary N) is 1. The average Bonchev–Trinajstić information content (AvgIpc) is 3.40. The summed E-state index contributed by atoms with van der Waals surface area (Å²) in [4.78, 5) is 53.2. The molecule has 1 aromatic carbocycles. The van der Waals surface area contributed by atoms with Crippen LogP contribution in [0, 0.1) is 11.3 Å². The van der Waals surface area contributed by atoms with Crippen LogP contribution in [0.1, 0.15) is 56.9 Å². The molecule has 0 saturated carbocycles. The number of aromatic amines is 1. The number of hydrogen-bond donors (Lipinski definition) is 5. The summed E-state index contributed by atoms with van der Waals surface area (Å²) >= 11 is 0. The summed E-state index contributed by atoms with van der Waals surface area (Å²) in [6.45, 7) is 6.48. The van der Waals surface area contributed by atoms with Gasteiger partial charge >= 0.3 is 0 Å². The van der Waals surface area contributed by atoms with Gasteiger partial charge in [0, 0.05) is 23.4 Å². The zero-order valence-corrected chi connectivity index (χ0v) is 20.7. The Bertz CT molecular complexity index is 1100. The van der Waals surface area contributed by atoms with E-state index in [1.54, 1.807) is 19.2 Å². The molecule has 1 fully saturated rings. The molecule has 2 heterocycles. The molecule has 35 heavy (non-hydrogen) atoms. The highest BCUT2D eigenvalue weighted by Crippen LogP contribution is 2.26. The van der Waals surface area contributed by atoms with Crippen molar-refractivity contribution in [3.05, 3.63) is 30.0 Å². The molecule has 3 atom stereocenters. The van der Waals surface area contributed by atoms with Crippen LogP contribution in [0.3, 0.4) is 0 Å². The molecule has 0 bridgehead atoms. The Hall–Kier alpha value is -3.56. The van der Waals surface area contributed by atoms with Crippen LogP contribution in [-0.2, 0) is 14.4 Å². The molecule has 0 spiro atoms. The molecular formula is C25H35N5O5. The van der Waals surface area contributed by atoms with Crippen LogP contribution in [0.2, 0.25) is 0 Å². The molecule has 1 aromatic heterocycles. The van der Waals surface area contributed by atoms with Crippen LogP contribution in [0.4, 0.5) is 0 Å². The van der Waals surface area contributed by atoms with E-state index in [1.165, 1.54) is 0 Å². The number of amides is 4. The van der Waals surface area contributed by atoms with Crippen LogP contribution in [0.5, 0.6) is 5.75 Å². The molecule has 10 nitrogen and oxygen atoms in total. The average molecular weight is 486 g/mol. The van der Waals surface area contributed by atoms with Crippen molar-refractivity contribution in [1.29, 1.82) is 0 Å². The number of ether oxygens (including phenoxy) is 1. The third-order valence-electron chi connectivity index (χ3n) is 6.15. The van der Waals surface area contributed by atoms with Crippen molar-refractivity contribution in [2.24, 2.45) is 17.1 Å². The summed E-state index contributed by atoms with van der Waals surface area (Å²) in [5, 5.41) is 9.00. The van der Waals surface area contributed by atoms with Gasteiger partial charge in [-0.05, 0) is 49.3 Å². The first-order valence-electron chi connectivity index (χ1n) is 11.8. The fourth-order valence-electron chi connectivity index (χ4n) is 4.33. The molecule has 0 aliphatic carbocycles. The number of nitrogens with one attached hydrogen (secondary N) is 4. The lowest BCUT2D eigenvalue weighted by atomic mass is 9.87. The second kappa shape index (κ2) is 10.8. The van der Waals surface area contributed by atoms with Gasteiger partial charge in [0.15, 0.2) is 0 Å². The van der Waals surface area contributed by atoms with Gasteiger partial charge in [-0.15, -0.1) is 0 Å². The van der Waals surface area contributed by atoms with Gasteiger partial charge in [0.25, 0.3) is 5.91 Å². The van der Waals surface area contributed by atoms with E-state index in [2.05, 4.69) is 20.9 Å². The quantitative estimate of drug-likeness (QED) is 0.346. The topological polar surface area (TPSA) is 155 Å². The molecule has 190 valence electrons. The number of hydrogen-bond acceptors (Lipinski definition) is 5. The maximum Gasteiger partial charge on any atom is 0.268 e. The standard InChI is InChI=1S/C25H35N5O5/c1-25(2,3)13-19(24(34)29-17(21(26)31)9-8-14-10-11-27-22(14)32)30-23(33)18-12-15-16(28-18)6-5-7-20(15)35-4/h5-7,12,14,17,19,28H,8-11,13H2,1-4H3,(H2,26,31)(H,27,32)(H,29,34)(H,30,33)/t14-,17+,19+/m1/s1. The highest BCUT2D eigenvalue weighted by atomic mass is 16.5. The maximum absolute atomic E-state index is 13.2. The Kier molecular flexibility index (Phi) is 8.03. The molecule has 0 unspecified atom stereocenters. The smallest absolute Gasteiger partial charge is 0.268 e. The molecule has 0 radical (unpaired) electrons. The molecule has 1 saturated heterocycles. The SMILES string of the molecule is COc1cccc2[nH]c(C(=O)N[C@@H](CC(C)(C)C)C(=O)N[C@@H](CC[C@@H]3CCNC3=O)C(N)=O)cc12. The zero-order chi connectivity index (χ0) is 25.8. The van der Waals surface area contributed by atoms with Gasteiger partial charge in [-0.2, -0.15) is 0 Å². The summed E-state index contributed by atoms with van der Waals surface area (Å²) in [7, 11) is 1.56. The summed E-state index contributed by atoms with van der Waals surface area (Å²) in [5.74, 6) is -1.25. The van der Waals surface area contributed by atoms with E-state index in [9.17, 15) is 19.2 Å². The predicted octanol–water partition coefficient (Wildman–Crippen LogP) is 1.60. The summed E-state index contributed by atoms with van der Waals surface area (Å²) in [5.41, 5.74) is 6.27. The van der Waals surface area contributed by atoms with Crippen LogP contribution in [0.25, 0.3) is 10.9 Å². The van der Waals surface area contributed by atoms with Crippen molar-refractivity contribution in [3.63, 3.8) is 0 Å². The number of carbonyl (C=O) groups excluding carboxylic acids is 4. The lowest BCUT2D eigenvalue weighted by Gasteiger charge is -2.27. The maximum atomic E-state index is 13.2. The number of carbonyl (C=O) groups is 4. The van der Waals surface area contributed by atoms with Gasteiger partial charge in [-0.25, -0.2) is 0 Å². The van der Waals surface area contributed by atoms with E-state index in [4.69, 9.17) is 10.5 Å². The largest absolute Gasteiger partial charge is 0.496 e. The van der Waals surface area contributed by atoms with E-state index in [0.29, 0.717) is 31.6 Å². The monoisotopic (exact) mass is 485 g/mol. The normalized spacial score (nSPS) is 17.5. The molecule has 10 heteroatoms. The Balaban J connectivity index is 1.73. The molecular weight excluding hydrogens is 450 g/mol. The van der Waals surface area contributed by atoms with Gasteiger partial charge in [0.1, 0.15) is 23.5 Å². The molecule has 3 rings (SSSR count). The number of H-pyrrole nitrogens is 1. The molecule has 4 amide bonds. The second-order valence-corrected chi connectivity index (χ2v) is 10.2. The Morgan fingerprint density at radius 3 is 2.54 bits per heavy atom. The zero-order valence-electron chi connectivity index (χ0n) is 20.7. The van der Waals surface area contributed by atoms with Crippen molar-refractivity contribution in [2.45, 2.75) is 58.5 Å². The van der Waals surface area contributed by atoms with Gasteiger partial charge in [0.2, 0.25) is 17.7 Å². The van der Waals surface area contributed by atoms with E-state index < -0.39 is 29.8 Å². The van der Waals surface area contributed by atoms with E-state index in [0.717, 1.165) is 10.9 Å². The van der Waals surface area contributed by atoms with Crippen molar-refractivity contribution >= 4 is 34.5 Å². The lowest BCUT2D eigenvalue weighted by Crippen LogP contribution is -2.54. The number of fused-ring (bicyclic) bond motifs is 1. The number of benzene rings is 1. The van der Waals surface area contributed by atoms with E-state index >= 15 is 0 Å². The van der Waals surface area contributed by atoms with Gasteiger partial charge in [-0.3, -0.25) is 19.2 Å². The van der Waals surface area contributed by atoms with Crippen molar-refractivity contribution in [1.82, 2.24) is 20.9 Å². The second-order valence-electron chi connectivity index (χ2n) is 10.2. The molecule has 1 aliphatic rings. The molecule has 6 N–H and O–H groups in total. The fraction of sp³-hybridized carbons (Fsp3) is 0.520.